The average Bonchev–Trinajstić information content (AvgIpc) is 2.67. The van der Waals surface area contributed by atoms with Gasteiger partial charge >= 0.3 is 5.97 Å². The van der Waals surface area contributed by atoms with Gasteiger partial charge < -0.3 is 4.74 Å². The number of rotatable bonds is 4. The molecule has 27 heavy (non-hydrogen) atoms. The Morgan fingerprint density at radius 1 is 1.04 bits per heavy atom. The van der Waals surface area contributed by atoms with Crippen LogP contribution in [0.25, 0.3) is 11.6 Å². The zero-order chi connectivity index (χ0) is 19.2. The van der Waals surface area contributed by atoms with E-state index in [4.69, 9.17) is 16.3 Å². The summed E-state index contributed by atoms with van der Waals surface area (Å²) in [6, 6.07) is 23.3. The molecule has 3 rings (SSSR count). The Kier molecular flexibility index (Phi) is 6.08. The van der Waals surface area contributed by atoms with Gasteiger partial charge in [0.1, 0.15) is 5.75 Å². The maximum absolute atomic E-state index is 12.3. The fourth-order valence-corrected chi connectivity index (χ4v) is 3.01. The van der Waals surface area contributed by atoms with E-state index < -0.39 is 5.97 Å². The van der Waals surface area contributed by atoms with E-state index in [0.29, 0.717) is 26.4 Å². The second-order valence-corrected chi connectivity index (χ2v) is 6.91. The first-order valence-corrected chi connectivity index (χ1v) is 9.18. The van der Waals surface area contributed by atoms with E-state index in [0.717, 1.165) is 11.1 Å². The maximum atomic E-state index is 12.3. The topological polar surface area (TPSA) is 50.1 Å². The SMILES string of the molecule is N#C/C(=C/c1cccc(OC(=O)c2ccccc2Br)c1)c1ccc(Cl)cc1. The number of nitrogens with zero attached hydrogens (tertiary/aromatic N) is 1. The van der Waals surface area contributed by atoms with E-state index in [1.165, 1.54) is 0 Å². The molecule has 3 nitrogen and oxygen atoms in total. The van der Waals surface area contributed by atoms with Gasteiger partial charge in [0, 0.05) is 9.50 Å². The minimum Gasteiger partial charge on any atom is -0.423 e. The highest BCUT2D eigenvalue weighted by molar-refractivity contribution is 9.10. The second-order valence-electron chi connectivity index (χ2n) is 5.62. The molecule has 0 saturated heterocycles. The molecule has 0 N–H and O–H groups in total. The van der Waals surface area contributed by atoms with Gasteiger partial charge in [0.05, 0.1) is 17.2 Å². The fourth-order valence-electron chi connectivity index (χ4n) is 2.43. The summed E-state index contributed by atoms with van der Waals surface area (Å²) in [5.74, 6) is -0.0558. The lowest BCUT2D eigenvalue weighted by Crippen LogP contribution is -2.09. The van der Waals surface area contributed by atoms with Crippen molar-refractivity contribution in [2.24, 2.45) is 0 Å². The molecule has 0 aliphatic rings. The number of carbonyl (C=O) groups is 1. The number of nitriles is 1. The summed E-state index contributed by atoms with van der Waals surface area (Å²) >= 11 is 9.24. The highest BCUT2D eigenvalue weighted by Gasteiger charge is 2.12. The lowest BCUT2D eigenvalue weighted by molar-refractivity contribution is 0.0734. The van der Waals surface area contributed by atoms with Gasteiger partial charge in [-0.2, -0.15) is 5.26 Å². The van der Waals surface area contributed by atoms with Crippen molar-refractivity contribution < 1.29 is 9.53 Å². The summed E-state index contributed by atoms with van der Waals surface area (Å²) in [6.07, 6.45) is 1.74. The first-order valence-electron chi connectivity index (χ1n) is 8.01. The summed E-state index contributed by atoms with van der Waals surface area (Å²) in [4.78, 5) is 12.3. The number of carbonyl (C=O) groups excluding carboxylic acids is 1. The number of benzene rings is 3. The molecule has 3 aromatic rings. The molecule has 0 radical (unpaired) electrons. The summed E-state index contributed by atoms with van der Waals surface area (Å²) in [5.41, 5.74) is 2.44. The number of hydrogen-bond acceptors (Lipinski definition) is 3. The number of ether oxygens (including phenoxy) is 1. The van der Waals surface area contributed by atoms with E-state index in [1.807, 2.05) is 12.1 Å². The fraction of sp³-hybridized carbons (Fsp3) is 0. The van der Waals surface area contributed by atoms with Crippen molar-refractivity contribution in [3.8, 4) is 11.8 Å². The smallest absolute Gasteiger partial charge is 0.344 e. The van der Waals surface area contributed by atoms with Crippen LogP contribution in [0.3, 0.4) is 0 Å². The lowest BCUT2D eigenvalue weighted by atomic mass is 10.0. The molecule has 0 aliphatic carbocycles. The first kappa shape index (κ1) is 18.9. The Balaban J connectivity index is 1.85. The minimum absolute atomic E-state index is 0.401. The van der Waals surface area contributed by atoms with Gasteiger partial charge in [0.2, 0.25) is 0 Å². The van der Waals surface area contributed by atoms with Crippen LogP contribution in [0.5, 0.6) is 5.75 Å². The first-order chi connectivity index (χ1) is 13.1. The second kappa shape index (κ2) is 8.68. The van der Waals surface area contributed by atoms with Gasteiger partial charge in [-0.25, -0.2) is 4.79 Å². The molecule has 132 valence electrons. The molecule has 0 aliphatic heterocycles. The summed E-state index contributed by atoms with van der Waals surface area (Å²) in [5, 5.41) is 10.1. The largest absolute Gasteiger partial charge is 0.423 e. The molecular formula is C22H13BrClNO2. The monoisotopic (exact) mass is 437 g/mol. The van der Waals surface area contributed by atoms with Crippen molar-refractivity contribution >= 4 is 45.1 Å². The zero-order valence-corrected chi connectivity index (χ0v) is 16.4. The standard InChI is InChI=1S/C22H13BrClNO2/c23-21-7-2-1-6-20(21)22(26)27-19-5-3-4-15(13-19)12-17(14-25)16-8-10-18(24)11-9-16/h1-13H/b17-12-. The Bertz CT molecular complexity index is 1050. The van der Waals surface area contributed by atoms with Gasteiger partial charge in [-0.05, 0) is 69.5 Å². The number of hydrogen-bond donors (Lipinski definition) is 0. The Labute approximate surface area is 170 Å². The molecule has 0 bridgehead atoms. The van der Waals surface area contributed by atoms with Crippen LogP contribution in [-0.2, 0) is 0 Å². The van der Waals surface area contributed by atoms with E-state index in [2.05, 4.69) is 22.0 Å². The molecule has 0 saturated carbocycles. The van der Waals surface area contributed by atoms with Crippen molar-refractivity contribution in [3.63, 3.8) is 0 Å². The van der Waals surface area contributed by atoms with Crippen molar-refractivity contribution in [2.75, 3.05) is 0 Å². The quantitative estimate of drug-likeness (QED) is 0.205. The van der Waals surface area contributed by atoms with Crippen LogP contribution in [0.2, 0.25) is 5.02 Å². The highest BCUT2D eigenvalue weighted by atomic mass is 79.9. The Hall–Kier alpha value is -2.87. The third-order valence-corrected chi connectivity index (χ3v) is 4.69. The summed E-state index contributed by atoms with van der Waals surface area (Å²) < 4.78 is 6.13. The van der Waals surface area contributed by atoms with Gasteiger partial charge in [0.15, 0.2) is 0 Å². The van der Waals surface area contributed by atoms with E-state index in [1.54, 1.807) is 66.7 Å². The predicted octanol–water partition coefficient (Wildman–Crippen LogP) is 6.39. The molecule has 0 heterocycles. The third kappa shape index (κ3) is 4.85. The molecule has 0 aromatic heterocycles. The van der Waals surface area contributed by atoms with Gasteiger partial charge in [-0.1, -0.05) is 48.0 Å². The molecular weight excluding hydrogens is 426 g/mol. The van der Waals surface area contributed by atoms with E-state index in [-0.39, 0.29) is 0 Å². The summed E-state index contributed by atoms with van der Waals surface area (Å²) in [6.45, 7) is 0. The Morgan fingerprint density at radius 3 is 2.48 bits per heavy atom. The van der Waals surface area contributed by atoms with Crippen molar-refractivity contribution in [2.45, 2.75) is 0 Å². The van der Waals surface area contributed by atoms with Gasteiger partial charge in [0.25, 0.3) is 0 Å². The number of esters is 1. The average molecular weight is 439 g/mol. The number of allylic oxidation sites excluding steroid dienone is 1. The van der Waals surface area contributed by atoms with Crippen LogP contribution >= 0.6 is 27.5 Å². The molecule has 0 unspecified atom stereocenters. The molecule has 0 spiro atoms. The highest BCUT2D eigenvalue weighted by Crippen LogP contribution is 2.23. The molecule has 3 aromatic carbocycles. The number of halogens is 2. The minimum atomic E-state index is -0.457. The van der Waals surface area contributed by atoms with Crippen LogP contribution in [0, 0.1) is 11.3 Å². The van der Waals surface area contributed by atoms with Crippen LogP contribution in [0.15, 0.2) is 77.3 Å². The van der Waals surface area contributed by atoms with Crippen molar-refractivity contribution in [1.82, 2.24) is 0 Å². The molecule has 0 amide bonds. The Morgan fingerprint density at radius 2 is 1.78 bits per heavy atom. The molecule has 0 fully saturated rings. The van der Waals surface area contributed by atoms with Crippen LogP contribution in [-0.4, -0.2) is 5.97 Å². The maximum Gasteiger partial charge on any atom is 0.344 e. The predicted molar refractivity (Wildman–Crippen MR) is 110 cm³/mol. The third-order valence-electron chi connectivity index (χ3n) is 3.75. The van der Waals surface area contributed by atoms with Crippen molar-refractivity contribution in [1.29, 1.82) is 5.26 Å². The van der Waals surface area contributed by atoms with Gasteiger partial charge in [-0.15, -0.1) is 0 Å². The van der Waals surface area contributed by atoms with Crippen molar-refractivity contribution in [3.05, 3.63) is 99.0 Å². The summed E-state index contributed by atoms with van der Waals surface area (Å²) in [7, 11) is 0. The van der Waals surface area contributed by atoms with Gasteiger partial charge in [-0.3, -0.25) is 0 Å². The molecule has 0 atom stereocenters. The molecule has 5 heteroatoms. The van der Waals surface area contributed by atoms with Crippen LogP contribution < -0.4 is 4.74 Å². The normalized spacial score (nSPS) is 10.9. The van der Waals surface area contributed by atoms with E-state index >= 15 is 0 Å². The van der Waals surface area contributed by atoms with Crippen LogP contribution in [0.1, 0.15) is 21.5 Å². The van der Waals surface area contributed by atoms with Crippen LogP contribution in [0.4, 0.5) is 0 Å². The zero-order valence-electron chi connectivity index (χ0n) is 14.0. The lowest BCUT2D eigenvalue weighted by Gasteiger charge is -2.07. The van der Waals surface area contributed by atoms with E-state index in [9.17, 15) is 10.1 Å².